The standard InChI is InChI=1S/C15H24N4O2S/c1-22-9-5-13(11-20)18-14(21)12-4-2-8-19(10-12)15-16-6-3-7-17-15/h3,6-7,12-13,20H,2,4-5,8-11H2,1H3,(H,18,21). The minimum atomic E-state index is -0.150. The van der Waals surface area contributed by atoms with E-state index in [1.54, 1.807) is 30.2 Å². The van der Waals surface area contributed by atoms with Crippen LogP contribution in [0.1, 0.15) is 19.3 Å². The van der Waals surface area contributed by atoms with E-state index in [9.17, 15) is 9.90 Å². The first kappa shape index (κ1) is 17.0. The largest absolute Gasteiger partial charge is 0.394 e. The van der Waals surface area contributed by atoms with Crippen LogP contribution in [0.3, 0.4) is 0 Å². The summed E-state index contributed by atoms with van der Waals surface area (Å²) in [6, 6.07) is 1.64. The second-order valence-corrected chi connectivity index (χ2v) is 6.49. The number of rotatable bonds is 7. The van der Waals surface area contributed by atoms with Crippen molar-refractivity contribution in [3.8, 4) is 0 Å². The lowest BCUT2D eigenvalue weighted by Crippen LogP contribution is -2.47. The number of piperidine rings is 1. The number of carbonyl (C=O) groups excluding carboxylic acids is 1. The number of carbonyl (C=O) groups is 1. The highest BCUT2D eigenvalue weighted by atomic mass is 32.2. The fraction of sp³-hybridized carbons (Fsp3) is 0.667. The van der Waals surface area contributed by atoms with Crippen LogP contribution in [0.2, 0.25) is 0 Å². The van der Waals surface area contributed by atoms with Crippen LogP contribution in [0, 0.1) is 5.92 Å². The van der Waals surface area contributed by atoms with Gasteiger partial charge in [0.1, 0.15) is 0 Å². The quantitative estimate of drug-likeness (QED) is 0.777. The van der Waals surface area contributed by atoms with Gasteiger partial charge in [0.15, 0.2) is 0 Å². The van der Waals surface area contributed by atoms with Crippen molar-refractivity contribution in [1.29, 1.82) is 0 Å². The van der Waals surface area contributed by atoms with E-state index in [1.165, 1.54) is 0 Å². The van der Waals surface area contributed by atoms with E-state index >= 15 is 0 Å². The molecular formula is C15H24N4O2S. The highest BCUT2D eigenvalue weighted by molar-refractivity contribution is 7.98. The fourth-order valence-corrected chi connectivity index (χ4v) is 3.14. The normalized spacial score (nSPS) is 19.7. The lowest BCUT2D eigenvalue weighted by Gasteiger charge is -2.32. The molecule has 6 nitrogen and oxygen atoms in total. The Morgan fingerprint density at radius 2 is 2.32 bits per heavy atom. The smallest absolute Gasteiger partial charge is 0.225 e. The summed E-state index contributed by atoms with van der Waals surface area (Å²) in [6.07, 6.45) is 8.07. The molecule has 1 aromatic rings. The van der Waals surface area contributed by atoms with Gasteiger partial charge in [-0.2, -0.15) is 11.8 Å². The average molecular weight is 324 g/mol. The van der Waals surface area contributed by atoms with E-state index in [0.29, 0.717) is 12.5 Å². The summed E-state index contributed by atoms with van der Waals surface area (Å²) in [6.45, 7) is 1.50. The van der Waals surface area contributed by atoms with Crippen molar-refractivity contribution >= 4 is 23.6 Å². The molecular weight excluding hydrogens is 300 g/mol. The molecule has 1 saturated heterocycles. The third-order valence-corrected chi connectivity index (χ3v) is 4.51. The first-order valence-corrected chi connectivity index (χ1v) is 9.06. The summed E-state index contributed by atoms with van der Waals surface area (Å²) >= 11 is 1.72. The van der Waals surface area contributed by atoms with Gasteiger partial charge in [-0.15, -0.1) is 0 Å². The maximum atomic E-state index is 12.4. The number of hydrogen-bond donors (Lipinski definition) is 2. The van der Waals surface area contributed by atoms with Crippen LogP contribution in [0.25, 0.3) is 0 Å². The van der Waals surface area contributed by atoms with Crippen LogP contribution in [0.4, 0.5) is 5.95 Å². The molecule has 2 unspecified atom stereocenters. The Balaban J connectivity index is 1.89. The van der Waals surface area contributed by atoms with Crippen LogP contribution in [0.15, 0.2) is 18.5 Å². The lowest BCUT2D eigenvalue weighted by molar-refractivity contribution is -0.126. The fourth-order valence-electron chi connectivity index (χ4n) is 2.62. The minimum absolute atomic E-state index is 0.00939. The molecule has 1 aliphatic heterocycles. The van der Waals surface area contributed by atoms with Gasteiger partial charge in [0, 0.05) is 25.5 Å². The van der Waals surface area contributed by atoms with E-state index in [1.807, 2.05) is 6.26 Å². The third-order valence-electron chi connectivity index (χ3n) is 3.86. The second-order valence-electron chi connectivity index (χ2n) is 5.50. The van der Waals surface area contributed by atoms with Gasteiger partial charge in [-0.1, -0.05) is 0 Å². The van der Waals surface area contributed by atoms with Gasteiger partial charge >= 0.3 is 0 Å². The maximum absolute atomic E-state index is 12.4. The first-order chi connectivity index (χ1) is 10.7. The molecule has 7 heteroatoms. The number of aliphatic hydroxyl groups excluding tert-OH is 1. The molecule has 2 heterocycles. The number of hydrogen-bond acceptors (Lipinski definition) is 6. The molecule has 0 aliphatic carbocycles. The Hall–Kier alpha value is -1.34. The zero-order valence-electron chi connectivity index (χ0n) is 12.9. The van der Waals surface area contributed by atoms with Crippen molar-refractivity contribution in [3.63, 3.8) is 0 Å². The zero-order valence-corrected chi connectivity index (χ0v) is 13.8. The van der Waals surface area contributed by atoms with E-state index in [0.717, 1.165) is 31.6 Å². The maximum Gasteiger partial charge on any atom is 0.225 e. The summed E-state index contributed by atoms with van der Waals surface area (Å²) in [7, 11) is 0. The number of aliphatic hydroxyl groups is 1. The van der Waals surface area contributed by atoms with Crippen molar-refractivity contribution in [2.45, 2.75) is 25.3 Å². The van der Waals surface area contributed by atoms with Gasteiger partial charge in [-0.3, -0.25) is 4.79 Å². The monoisotopic (exact) mass is 324 g/mol. The predicted molar refractivity (Wildman–Crippen MR) is 89.0 cm³/mol. The molecule has 1 aliphatic rings. The SMILES string of the molecule is CSCCC(CO)NC(=O)C1CCCN(c2ncccn2)C1. The molecule has 22 heavy (non-hydrogen) atoms. The molecule has 1 fully saturated rings. The van der Waals surface area contributed by atoms with E-state index in [4.69, 9.17) is 0 Å². The minimum Gasteiger partial charge on any atom is -0.394 e. The predicted octanol–water partition coefficient (Wildman–Crippen LogP) is 0.923. The van der Waals surface area contributed by atoms with E-state index in [-0.39, 0.29) is 24.5 Å². The summed E-state index contributed by atoms with van der Waals surface area (Å²) in [5.41, 5.74) is 0. The lowest BCUT2D eigenvalue weighted by atomic mass is 9.97. The topological polar surface area (TPSA) is 78.4 Å². The van der Waals surface area contributed by atoms with Gasteiger partial charge in [-0.25, -0.2) is 9.97 Å². The number of aromatic nitrogens is 2. The molecule has 0 spiro atoms. The van der Waals surface area contributed by atoms with Crippen LogP contribution in [-0.2, 0) is 4.79 Å². The van der Waals surface area contributed by atoms with E-state index < -0.39 is 0 Å². The Morgan fingerprint density at radius 3 is 3.00 bits per heavy atom. The molecule has 122 valence electrons. The van der Waals surface area contributed by atoms with Gasteiger partial charge < -0.3 is 15.3 Å². The van der Waals surface area contributed by atoms with Crippen molar-refractivity contribution in [2.24, 2.45) is 5.92 Å². The van der Waals surface area contributed by atoms with Crippen molar-refractivity contribution in [1.82, 2.24) is 15.3 Å². The summed E-state index contributed by atoms with van der Waals surface area (Å²) < 4.78 is 0. The summed E-state index contributed by atoms with van der Waals surface area (Å²) in [4.78, 5) is 23.0. The highest BCUT2D eigenvalue weighted by Gasteiger charge is 2.28. The van der Waals surface area contributed by atoms with Gasteiger partial charge in [0.05, 0.1) is 18.6 Å². The summed E-state index contributed by atoms with van der Waals surface area (Å²) in [5.74, 6) is 1.57. The molecule has 2 rings (SSSR count). The number of thioether (sulfide) groups is 1. The number of nitrogens with zero attached hydrogens (tertiary/aromatic N) is 3. The van der Waals surface area contributed by atoms with Crippen LogP contribution in [-0.4, -0.2) is 58.7 Å². The molecule has 0 bridgehead atoms. The van der Waals surface area contributed by atoms with Gasteiger partial charge in [0.2, 0.25) is 11.9 Å². The molecule has 1 amide bonds. The summed E-state index contributed by atoms with van der Waals surface area (Å²) in [5, 5.41) is 12.3. The number of anilines is 1. The van der Waals surface area contributed by atoms with Gasteiger partial charge in [-0.05, 0) is 37.3 Å². The average Bonchev–Trinajstić information content (AvgIpc) is 2.59. The van der Waals surface area contributed by atoms with Crippen LogP contribution < -0.4 is 10.2 Å². The highest BCUT2D eigenvalue weighted by Crippen LogP contribution is 2.20. The van der Waals surface area contributed by atoms with Crippen LogP contribution in [0.5, 0.6) is 0 Å². The van der Waals surface area contributed by atoms with Crippen molar-refractivity contribution in [2.75, 3.05) is 36.6 Å². The van der Waals surface area contributed by atoms with Gasteiger partial charge in [0.25, 0.3) is 0 Å². The Morgan fingerprint density at radius 1 is 1.55 bits per heavy atom. The molecule has 2 N–H and O–H groups in total. The Kier molecular flexibility index (Phi) is 6.92. The molecule has 1 aromatic heterocycles. The second kappa shape index (κ2) is 8.95. The van der Waals surface area contributed by atoms with Crippen LogP contribution >= 0.6 is 11.8 Å². The van der Waals surface area contributed by atoms with Crippen molar-refractivity contribution in [3.05, 3.63) is 18.5 Å². The molecule has 2 atom stereocenters. The Labute approximate surface area is 135 Å². The molecule has 0 radical (unpaired) electrons. The van der Waals surface area contributed by atoms with E-state index in [2.05, 4.69) is 20.2 Å². The first-order valence-electron chi connectivity index (χ1n) is 7.66. The third kappa shape index (κ3) is 4.84. The number of amides is 1. The molecule has 0 saturated carbocycles. The number of nitrogens with one attached hydrogen (secondary N) is 1. The molecule has 0 aromatic carbocycles. The Bertz CT molecular complexity index is 460. The zero-order chi connectivity index (χ0) is 15.8. The van der Waals surface area contributed by atoms with Crippen molar-refractivity contribution < 1.29 is 9.90 Å².